The van der Waals surface area contributed by atoms with Gasteiger partial charge in [-0.2, -0.15) is 8.78 Å². The van der Waals surface area contributed by atoms with Crippen LogP contribution in [0.2, 0.25) is 0 Å². The van der Waals surface area contributed by atoms with Crippen LogP contribution in [0.3, 0.4) is 0 Å². The highest BCUT2D eigenvalue weighted by molar-refractivity contribution is 5.37. The van der Waals surface area contributed by atoms with E-state index in [4.69, 9.17) is 0 Å². The Labute approximate surface area is 119 Å². The fourth-order valence-electron chi connectivity index (χ4n) is 2.12. The molecule has 0 aliphatic heterocycles. The third-order valence-corrected chi connectivity index (χ3v) is 3.00. The zero-order valence-corrected chi connectivity index (χ0v) is 11.1. The minimum atomic E-state index is -2.95. The van der Waals surface area contributed by atoms with Gasteiger partial charge in [0.25, 0.3) is 0 Å². The maximum absolute atomic E-state index is 13.9. The number of nitrogens with one attached hydrogen (secondary N) is 1. The maximum Gasteiger partial charge on any atom is 0.387 e. The molecule has 0 bridgehead atoms. The summed E-state index contributed by atoms with van der Waals surface area (Å²) in [6.45, 7) is -2.95. The van der Waals surface area contributed by atoms with E-state index in [1.807, 2.05) is 0 Å². The predicted molar refractivity (Wildman–Crippen MR) is 70.3 cm³/mol. The second kappa shape index (κ2) is 6.58. The van der Waals surface area contributed by atoms with E-state index in [-0.39, 0.29) is 11.3 Å². The molecule has 2 nitrogen and oxygen atoms in total. The number of halogens is 4. The minimum Gasteiger partial charge on any atom is -0.435 e. The summed E-state index contributed by atoms with van der Waals surface area (Å²) in [5.41, 5.74) is 0.576. The van der Waals surface area contributed by atoms with Gasteiger partial charge in [-0.25, -0.2) is 8.78 Å². The van der Waals surface area contributed by atoms with Crippen LogP contribution in [0.15, 0.2) is 42.5 Å². The number of rotatable bonds is 5. The number of alkyl halides is 2. The molecule has 0 aromatic heterocycles. The van der Waals surface area contributed by atoms with Crippen molar-refractivity contribution in [1.29, 1.82) is 0 Å². The third-order valence-electron chi connectivity index (χ3n) is 3.00. The van der Waals surface area contributed by atoms with Gasteiger partial charge in [0, 0.05) is 5.56 Å². The summed E-state index contributed by atoms with van der Waals surface area (Å²) in [4.78, 5) is 0. The first-order valence-electron chi connectivity index (χ1n) is 6.19. The fraction of sp³-hybridized carbons (Fsp3) is 0.200. The van der Waals surface area contributed by atoms with E-state index in [1.165, 1.54) is 30.3 Å². The summed E-state index contributed by atoms with van der Waals surface area (Å²) >= 11 is 0. The Morgan fingerprint density at radius 1 is 1.05 bits per heavy atom. The van der Waals surface area contributed by atoms with Crippen LogP contribution in [-0.2, 0) is 0 Å². The van der Waals surface area contributed by atoms with Gasteiger partial charge in [0.1, 0.15) is 5.75 Å². The average molecular weight is 299 g/mol. The van der Waals surface area contributed by atoms with Gasteiger partial charge >= 0.3 is 6.61 Å². The summed E-state index contributed by atoms with van der Waals surface area (Å²) in [6, 6.07) is 9.00. The molecule has 0 saturated carbocycles. The molecule has 112 valence electrons. The van der Waals surface area contributed by atoms with E-state index in [0.717, 1.165) is 6.07 Å². The molecular formula is C15H13F4NO. The molecule has 0 saturated heterocycles. The maximum atomic E-state index is 13.9. The lowest BCUT2D eigenvalue weighted by atomic mass is 9.98. The number of benzene rings is 2. The normalized spacial score (nSPS) is 12.5. The summed E-state index contributed by atoms with van der Waals surface area (Å²) in [5, 5.41) is 2.83. The van der Waals surface area contributed by atoms with E-state index in [1.54, 1.807) is 13.1 Å². The van der Waals surface area contributed by atoms with E-state index >= 15 is 0 Å². The summed E-state index contributed by atoms with van der Waals surface area (Å²) < 4.78 is 56.0. The van der Waals surface area contributed by atoms with Crippen molar-refractivity contribution in [1.82, 2.24) is 5.32 Å². The molecule has 0 aliphatic rings. The van der Waals surface area contributed by atoms with Gasteiger partial charge in [-0.05, 0) is 30.8 Å². The first-order valence-corrected chi connectivity index (χ1v) is 6.19. The smallest absolute Gasteiger partial charge is 0.387 e. The van der Waals surface area contributed by atoms with Gasteiger partial charge in [0.05, 0.1) is 6.04 Å². The third kappa shape index (κ3) is 3.52. The van der Waals surface area contributed by atoms with E-state index < -0.39 is 24.3 Å². The van der Waals surface area contributed by atoms with E-state index in [2.05, 4.69) is 10.1 Å². The van der Waals surface area contributed by atoms with E-state index in [9.17, 15) is 17.6 Å². The van der Waals surface area contributed by atoms with Crippen LogP contribution in [-0.4, -0.2) is 13.7 Å². The molecule has 0 aliphatic carbocycles. The van der Waals surface area contributed by atoms with Crippen molar-refractivity contribution in [2.75, 3.05) is 7.05 Å². The lowest BCUT2D eigenvalue weighted by Crippen LogP contribution is -2.19. The minimum absolute atomic E-state index is 0.0421. The highest BCUT2D eigenvalue weighted by atomic mass is 19.3. The van der Waals surface area contributed by atoms with Crippen LogP contribution in [0.4, 0.5) is 17.6 Å². The molecule has 0 fully saturated rings. The molecule has 0 heterocycles. The number of hydrogen-bond donors (Lipinski definition) is 1. The molecule has 2 aromatic carbocycles. The Hall–Kier alpha value is -2.08. The molecule has 6 heteroatoms. The molecule has 0 radical (unpaired) electrons. The van der Waals surface area contributed by atoms with Crippen LogP contribution in [0.25, 0.3) is 0 Å². The molecule has 21 heavy (non-hydrogen) atoms. The fourth-order valence-corrected chi connectivity index (χ4v) is 2.12. The first kappa shape index (κ1) is 15.3. The van der Waals surface area contributed by atoms with Gasteiger partial charge < -0.3 is 10.1 Å². The molecule has 0 amide bonds. The van der Waals surface area contributed by atoms with Gasteiger partial charge in [-0.15, -0.1) is 0 Å². The van der Waals surface area contributed by atoms with Crippen molar-refractivity contribution in [3.8, 4) is 5.75 Å². The lowest BCUT2D eigenvalue weighted by Gasteiger charge is -2.19. The van der Waals surface area contributed by atoms with Crippen LogP contribution < -0.4 is 10.1 Å². The zero-order valence-electron chi connectivity index (χ0n) is 11.1. The Bertz CT molecular complexity index is 618. The topological polar surface area (TPSA) is 21.3 Å². The molecule has 0 spiro atoms. The highest BCUT2D eigenvalue weighted by Crippen LogP contribution is 2.28. The monoisotopic (exact) mass is 299 g/mol. The molecule has 2 rings (SSSR count). The SMILES string of the molecule is CNC(c1cccc(OC(F)F)c1)c1cccc(F)c1F. The van der Waals surface area contributed by atoms with Gasteiger partial charge in [0.15, 0.2) is 11.6 Å². The molecular weight excluding hydrogens is 286 g/mol. The Kier molecular flexibility index (Phi) is 4.80. The lowest BCUT2D eigenvalue weighted by molar-refractivity contribution is -0.0498. The van der Waals surface area contributed by atoms with Crippen molar-refractivity contribution in [3.05, 3.63) is 65.2 Å². The van der Waals surface area contributed by atoms with Gasteiger partial charge in [0.2, 0.25) is 0 Å². The summed E-state index contributed by atoms with van der Waals surface area (Å²) in [6.07, 6.45) is 0. The quantitative estimate of drug-likeness (QED) is 0.846. The Balaban J connectivity index is 2.39. The standard InChI is InChI=1S/C15H13F4NO/c1-20-14(11-6-3-7-12(16)13(11)17)9-4-2-5-10(8-9)21-15(18)19/h2-8,14-15,20H,1H3. The number of ether oxygens (including phenoxy) is 1. The predicted octanol–water partition coefficient (Wildman–Crippen LogP) is 3.88. The average Bonchev–Trinajstić information content (AvgIpc) is 2.44. The number of hydrogen-bond acceptors (Lipinski definition) is 2. The van der Waals surface area contributed by atoms with Crippen molar-refractivity contribution in [3.63, 3.8) is 0 Å². The summed E-state index contributed by atoms with van der Waals surface area (Å²) in [7, 11) is 1.57. The molecule has 1 atom stereocenters. The van der Waals surface area contributed by atoms with Crippen LogP contribution in [0, 0.1) is 11.6 Å². The van der Waals surface area contributed by atoms with Crippen molar-refractivity contribution < 1.29 is 22.3 Å². The Morgan fingerprint density at radius 3 is 2.43 bits per heavy atom. The highest BCUT2D eigenvalue weighted by Gasteiger charge is 2.19. The van der Waals surface area contributed by atoms with Crippen molar-refractivity contribution in [2.24, 2.45) is 0 Å². The largest absolute Gasteiger partial charge is 0.435 e. The van der Waals surface area contributed by atoms with Crippen molar-refractivity contribution >= 4 is 0 Å². The second-order valence-electron chi connectivity index (χ2n) is 4.32. The Morgan fingerprint density at radius 2 is 1.76 bits per heavy atom. The van der Waals surface area contributed by atoms with Crippen LogP contribution in [0.1, 0.15) is 17.2 Å². The zero-order chi connectivity index (χ0) is 15.4. The molecule has 1 N–H and O–H groups in total. The molecule has 1 unspecified atom stereocenters. The van der Waals surface area contributed by atoms with Crippen LogP contribution in [0.5, 0.6) is 5.75 Å². The van der Waals surface area contributed by atoms with Crippen molar-refractivity contribution in [2.45, 2.75) is 12.7 Å². The van der Waals surface area contributed by atoms with E-state index in [0.29, 0.717) is 5.56 Å². The molecule has 2 aromatic rings. The van der Waals surface area contributed by atoms with Gasteiger partial charge in [-0.1, -0.05) is 24.3 Å². The second-order valence-corrected chi connectivity index (χ2v) is 4.32. The van der Waals surface area contributed by atoms with Crippen LogP contribution >= 0.6 is 0 Å². The first-order chi connectivity index (χ1) is 10.0. The van der Waals surface area contributed by atoms with Gasteiger partial charge in [-0.3, -0.25) is 0 Å². The summed E-state index contributed by atoms with van der Waals surface area (Å²) in [5.74, 6) is -1.98.